The van der Waals surface area contributed by atoms with E-state index in [-0.39, 0.29) is 11.4 Å². The first-order valence-electron chi connectivity index (χ1n) is 7.58. The van der Waals surface area contributed by atoms with Crippen molar-refractivity contribution >= 4 is 5.97 Å². The number of esters is 1. The summed E-state index contributed by atoms with van der Waals surface area (Å²) in [7, 11) is 0. The third kappa shape index (κ3) is 2.83. The largest absolute Gasteiger partial charge is 0.455 e. The molecule has 4 atom stereocenters. The van der Waals surface area contributed by atoms with Crippen molar-refractivity contribution in [2.75, 3.05) is 0 Å². The Kier molecular flexibility index (Phi) is 4.38. The number of carbonyl (C=O) groups excluding carboxylic acids is 1. The van der Waals surface area contributed by atoms with Crippen LogP contribution < -0.4 is 0 Å². The van der Waals surface area contributed by atoms with Gasteiger partial charge in [0.2, 0.25) is 0 Å². The van der Waals surface area contributed by atoms with Crippen LogP contribution in [0.25, 0.3) is 0 Å². The summed E-state index contributed by atoms with van der Waals surface area (Å²) in [5.41, 5.74) is 2.42. The number of allylic oxidation sites excluding steroid dienone is 3. The Morgan fingerprint density at radius 1 is 1.45 bits per heavy atom. The fourth-order valence-corrected chi connectivity index (χ4v) is 3.61. The molecule has 0 radical (unpaired) electrons. The smallest absolute Gasteiger partial charge is 0.303 e. The van der Waals surface area contributed by atoms with Crippen LogP contribution in [0.15, 0.2) is 23.3 Å². The highest BCUT2D eigenvalue weighted by Crippen LogP contribution is 2.47. The fourth-order valence-electron chi connectivity index (χ4n) is 3.61. The fraction of sp³-hybridized carbons (Fsp3) is 0.706. The Labute approximate surface area is 121 Å². The van der Waals surface area contributed by atoms with E-state index in [0.717, 1.165) is 18.4 Å². The predicted molar refractivity (Wildman–Crippen MR) is 79.1 cm³/mol. The van der Waals surface area contributed by atoms with Crippen molar-refractivity contribution in [3.63, 3.8) is 0 Å². The van der Waals surface area contributed by atoms with Crippen LogP contribution in [0, 0.1) is 11.3 Å². The first kappa shape index (κ1) is 15.3. The molecule has 2 rings (SSSR count). The maximum Gasteiger partial charge on any atom is 0.303 e. The summed E-state index contributed by atoms with van der Waals surface area (Å²) >= 11 is 0. The molecular weight excluding hydrogens is 252 g/mol. The van der Waals surface area contributed by atoms with E-state index in [0.29, 0.717) is 12.3 Å². The summed E-state index contributed by atoms with van der Waals surface area (Å²) in [4.78, 5) is 11.3. The summed E-state index contributed by atoms with van der Waals surface area (Å²) in [5.74, 6) is 0.241. The van der Waals surface area contributed by atoms with Crippen molar-refractivity contribution in [3.8, 4) is 0 Å². The maximum absolute atomic E-state index is 11.3. The number of fused-ring (bicyclic) bond motifs is 1. The Hall–Kier alpha value is -1.09. The molecule has 112 valence electrons. The van der Waals surface area contributed by atoms with Crippen LogP contribution in [0.1, 0.15) is 53.4 Å². The minimum absolute atomic E-state index is 0.0286. The van der Waals surface area contributed by atoms with Crippen LogP contribution in [0.4, 0.5) is 0 Å². The zero-order valence-electron chi connectivity index (χ0n) is 13.0. The molecule has 2 aliphatic rings. The van der Waals surface area contributed by atoms with E-state index in [1.54, 1.807) is 0 Å². The maximum atomic E-state index is 11.3. The van der Waals surface area contributed by atoms with Gasteiger partial charge >= 0.3 is 5.97 Å². The van der Waals surface area contributed by atoms with E-state index >= 15 is 0 Å². The standard InChI is InChI=1S/C17H26O3/c1-11-10-17(4)12(2)6-5-7-14(17)8-9-15(19)16(11)20-13(3)18/h7,10,12,15-16,19H,5-6,8-9H2,1-4H3/b11-10-/t12-,15-,16-,17+/m0/s1. The van der Waals surface area contributed by atoms with Gasteiger partial charge in [0.25, 0.3) is 0 Å². The summed E-state index contributed by atoms with van der Waals surface area (Å²) < 4.78 is 5.33. The summed E-state index contributed by atoms with van der Waals surface area (Å²) in [6.07, 6.45) is 7.28. The number of hydrogen-bond donors (Lipinski definition) is 1. The Bertz CT molecular complexity index is 449. The quantitative estimate of drug-likeness (QED) is 0.591. The second-order valence-corrected chi connectivity index (χ2v) is 6.51. The molecule has 0 aromatic heterocycles. The second kappa shape index (κ2) is 5.72. The molecule has 1 N–H and O–H groups in total. The van der Waals surface area contributed by atoms with Gasteiger partial charge in [0.1, 0.15) is 6.10 Å². The monoisotopic (exact) mass is 278 g/mol. The first-order valence-corrected chi connectivity index (χ1v) is 7.58. The van der Waals surface area contributed by atoms with Crippen LogP contribution in [0.3, 0.4) is 0 Å². The van der Waals surface area contributed by atoms with Gasteiger partial charge in [0.15, 0.2) is 0 Å². The lowest BCUT2D eigenvalue weighted by Gasteiger charge is -2.42. The van der Waals surface area contributed by atoms with Crippen LogP contribution >= 0.6 is 0 Å². The molecule has 0 spiro atoms. The summed E-state index contributed by atoms with van der Waals surface area (Å²) in [5, 5.41) is 10.3. The van der Waals surface area contributed by atoms with Gasteiger partial charge < -0.3 is 9.84 Å². The van der Waals surface area contributed by atoms with Crippen molar-refractivity contribution in [3.05, 3.63) is 23.3 Å². The molecule has 0 bridgehead atoms. The lowest BCUT2D eigenvalue weighted by molar-refractivity contribution is -0.149. The molecule has 0 saturated carbocycles. The van der Waals surface area contributed by atoms with Gasteiger partial charge in [-0.05, 0) is 44.1 Å². The van der Waals surface area contributed by atoms with E-state index in [4.69, 9.17) is 4.74 Å². The molecule has 3 nitrogen and oxygen atoms in total. The van der Waals surface area contributed by atoms with Crippen LogP contribution in [-0.4, -0.2) is 23.3 Å². The predicted octanol–water partition coefficient (Wildman–Crippen LogP) is 3.38. The van der Waals surface area contributed by atoms with Gasteiger partial charge in [-0.15, -0.1) is 0 Å². The van der Waals surface area contributed by atoms with E-state index in [2.05, 4.69) is 26.0 Å². The number of aliphatic hydroxyl groups excluding tert-OH is 1. The lowest BCUT2D eigenvalue weighted by atomic mass is 9.64. The molecule has 20 heavy (non-hydrogen) atoms. The summed E-state index contributed by atoms with van der Waals surface area (Å²) in [6, 6.07) is 0. The van der Waals surface area contributed by atoms with Crippen LogP contribution in [0.5, 0.6) is 0 Å². The van der Waals surface area contributed by atoms with E-state index in [1.165, 1.54) is 18.9 Å². The second-order valence-electron chi connectivity index (χ2n) is 6.51. The highest BCUT2D eigenvalue weighted by atomic mass is 16.6. The van der Waals surface area contributed by atoms with Crippen molar-refractivity contribution in [1.82, 2.24) is 0 Å². The number of rotatable bonds is 1. The Morgan fingerprint density at radius 3 is 2.80 bits per heavy atom. The molecule has 0 amide bonds. The van der Waals surface area contributed by atoms with E-state index in [9.17, 15) is 9.90 Å². The Balaban J connectivity index is 2.39. The summed E-state index contributed by atoms with van der Waals surface area (Å²) in [6.45, 7) is 7.92. The number of ether oxygens (including phenoxy) is 1. The SMILES string of the molecule is CC(=O)O[C@H]1/C(C)=C\[C@@]2(C)C(=CCC[C@@H]2C)CC[C@@H]1O. The van der Waals surface area contributed by atoms with Crippen molar-refractivity contribution in [2.45, 2.75) is 65.6 Å². The number of aliphatic hydroxyl groups is 1. The third-order valence-corrected chi connectivity index (χ3v) is 5.03. The molecule has 0 unspecified atom stereocenters. The van der Waals surface area contributed by atoms with Crippen molar-refractivity contribution in [2.24, 2.45) is 11.3 Å². The van der Waals surface area contributed by atoms with Crippen LogP contribution in [-0.2, 0) is 9.53 Å². The molecule has 0 saturated heterocycles. The van der Waals surface area contributed by atoms with Crippen LogP contribution in [0.2, 0.25) is 0 Å². The zero-order chi connectivity index (χ0) is 14.9. The molecular formula is C17H26O3. The third-order valence-electron chi connectivity index (χ3n) is 5.03. The van der Waals surface area contributed by atoms with Crippen molar-refractivity contribution < 1.29 is 14.6 Å². The molecule has 0 aromatic carbocycles. The van der Waals surface area contributed by atoms with E-state index in [1.807, 2.05) is 6.92 Å². The minimum atomic E-state index is -0.613. The van der Waals surface area contributed by atoms with Crippen molar-refractivity contribution in [1.29, 1.82) is 0 Å². The normalized spacial score (nSPS) is 40.5. The molecule has 0 aromatic rings. The molecule has 0 aliphatic heterocycles. The molecule has 0 heterocycles. The van der Waals surface area contributed by atoms with Gasteiger partial charge in [-0.2, -0.15) is 0 Å². The highest BCUT2D eigenvalue weighted by molar-refractivity contribution is 5.66. The number of carbonyl (C=O) groups is 1. The molecule has 3 heteroatoms. The highest BCUT2D eigenvalue weighted by Gasteiger charge is 2.38. The van der Waals surface area contributed by atoms with Gasteiger partial charge in [-0.3, -0.25) is 4.79 Å². The lowest BCUT2D eigenvalue weighted by Crippen LogP contribution is -2.37. The van der Waals surface area contributed by atoms with Gasteiger partial charge in [0, 0.05) is 12.3 Å². The first-order chi connectivity index (χ1) is 9.34. The Morgan fingerprint density at radius 2 is 2.15 bits per heavy atom. The average Bonchev–Trinajstić information content (AvgIpc) is 2.36. The molecule has 0 fully saturated rings. The zero-order valence-corrected chi connectivity index (χ0v) is 13.0. The van der Waals surface area contributed by atoms with E-state index < -0.39 is 12.2 Å². The average molecular weight is 278 g/mol. The molecule has 2 aliphatic carbocycles. The number of hydrogen-bond acceptors (Lipinski definition) is 3. The van der Waals surface area contributed by atoms with Gasteiger partial charge in [-0.25, -0.2) is 0 Å². The minimum Gasteiger partial charge on any atom is -0.455 e. The topological polar surface area (TPSA) is 46.5 Å². The van der Waals surface area contributed by atoms with Gasteiger partial charge in [0.05, 0.1) is 6.10 Å². The van der Waals surface area contributed by atoms with Gasteiger partial charge in [-0.1, -0.05) is 31.6 Å².